The van der Waals surface area contributed by atoms with Crippen LogP contribution in [0.1, 0.15) is 25.8 Å². The van der Waals surface area contributed by atoms with Gasteiger partial charge in [-0.1, -0.05) is 18.7 Å². The maximum atomic E-state index is 14.4. The average Bonchev–Trinajstić information content (AvgIpc) is 3.09. The van der Waals surface area contributed by atoms with Crippen LogP contribution in [0.3, 0.4) is 0 Å². The normalized spacial score (nSPS) is 34.2. The Bertz CT molecular complexity index is 832. The Hall–Kier alpha value is -2.23. The number of fused-ring (bicyclic) bond motifs is 1. The molecule has 0 spiro atoms. The van der Waals surface area contributed by atoms with Crippen LogP contribution in [0, 0.1) is 27.2 Å². The molecule has 1 aromatic carbocycles. The van der Waals surface area contributed by atoms with Crippen LogP contribution in [0.4, 0.5) is 14.5 Å². The lowest BCUT2D eigenvalue weighted by Gasteiger charge is -2.39. The summed E-state index contributed by atoms with van der Waals surface area (Å²) in [4.78, 5) is 26.0. The molecule has 1 fully saturated rings. The zero-order valence-electron chi connectivity index (χ0n) is 12.7. The monoisotopic (exact) mass is 357 g/mol. The number of thioether (sulfide) groups is 1. The van der Waals surface area contributed by atoms with Crippen molar-refractivity contribution in [2.45, 2.75) is 30.6 Å². The van der Waals surface area contributed by atoms with Crippen LogP contribution in [0.5, 0.6) is 0 Å². The number of nitro groups is 1. The quantitative estimate of drug-likeness (QED) is 0.633. The number of nitro benzene ring substituents is 1. The lowest BCUT2D eigenvalue weighted by Crippen LogP contribution is -2.45. The standard InChI is InChI=1S/C14H13F2N3O4S/c1-12-5-14(12,10(20)21)24-11(17)18-13(12,2)7-3-6(19(22)23)4-8(15)9(7)16/h3-4H,5H2,1-2H3,(H2,17,18)(H,20,21)/t12?,13-,14-/m1/s1. The number of rotatable bonds is 3. The Morgan fingerprint density at radius 2 is 2.08 bits per heavy atom. The highest BCUT2D eigenvalue weighted by molar-refractivity contribution is 8.15. The van der Waals surface area contributed by atoms with Crippen LogP contribution in [0.2, 0.25) is 0 Å². The van der Waals surface area contributed by atoms with Crippen molar-refractivity contribution in [3.63, 3.8) is 0 Å². The van der Waals surface area contributed by atoms with Gasteiger partial charge >= 0.3 is 5.97 Å². The third-order valence-electron chi connectivity index (χ3n) is 5.15. The molecule has 7 nitrogen and oxygen atoms in total. The first-order valence-corrected chi connectivity index (χ1v) is 7.72. The highest BCUT2D eigenvalue weighted by atomic mass is 32.2. The number of aliphatic carboxylic acids is 1. The van der Waals surface area contributed by atoms with Crippen LogP contribution < -0.4 is 5.73 Å². The van der Waals surface area contributed by atoms with Gasteiger partial charge in [0.2, 0.25) is 0 Å². The second-order valence-corrected chi connectivity index (χ2v) is 7.63. The van der Waals surface area contributed by atoms with Gasteiger partial charge in [-0.3, -0.25) is 19.9 Å². The van der Waals surface area contributed by atoms with Crippen molar-refractivity contribution in [1.82, 2.24) is 0 Å². The molecule has 1 saturated carbocycles. The fourth-order valence-corrected chi connectivity index (χ4v) is 4.92. The van der Waals surface area contributed by atoms with Crippen molar-refractivity contribution >= 4 is 28.6 Å². The molecular weight excluding hydrogens is 344 g/mol. The number of hydrogen-bond acceptors (Lipinski definition) is 6. The maximum absolute atomic E-state index is 14.4. The molecule has 3 atom stereocenters. The van der Waals surface area contributed by atoms with Crippen LogP contribution in [0.25, 0.3) is 0 Å². The van der Waals surface area contributed by atoms with E-state index in [1.165, 1.54) is 6.92 Å². The van der Waals surface area contributed by atoms with E-state index < -0.39 is 43.9 Å². The van der Waals surface area contributed by atoms with E-state index in [-0.39, 0.29) is 17.2 Å². The third-order valence-corrected chi connectivity index (χ3v) is 6.57. The van der Waals surface area contributed by atoms with Crippen LogP contribution in [-0.4, -0.2) is 25.9 Å². The molecule has 0 saturated heterocycles. The summed E-state index contributed by atoms with van der Waals surface area (Å²) in [5.41, 5.74) is 2.11. The Labute approximate surface area is 139 Å². The molecule has 10 heteroatoms. The summed E-state index contributed by atoms with van der Waals surface area (Å²) in [6.07, 6.45) is 0.129. The van der Waals surface area contributed by atoms with Gasteiger partial charge in [-0.2, -0.15) is 0 Å². The first-order valence-electron chi connectivity index (χ1n) is 6.90. The molecule has 128 valence electrons. The second kappa shape index (κ2) is 4.65. The Balaban J connectivity index is 2.27. The summed E-state index contributed by atoms with van der Waals surface area (Å²) < 4.78 is 27.0. The van der Waals surface area contributed by atoms with Gasteiger partial charge in [-0.25, -0.2) is 8.78 Å². The predicted molar refractivity (Wildman–Crippen MR) is 82.7 cm³/mol. The van der Waals surface area contributed by atoms with Crippen LogP contribution >= 0.6 is 11.8 Å². The third kappa shape index (κ3) is 1.83. The molecule has 1 aliphatic heterocycles. The largest absolute Gasteiger partial charge is 0.480 e. The fourth-order valence-electron chi connectivity index (χ4n) is 3.46. The Kier molecular flexibility index (Phi) is 3.22. The smallest absolute Gasteiger partial charge is 0.320 e. The molecule has 0 amide bonds. The Morgan fingerprint density at radius 1 is 1.46 bits per heavy atom. The van der Waals surface area contributed by atoms with Gasteiger partial charge in [-0.05, 0) is 13.3 Å². The van der Waals surface area contributed by atoms with Gasteiger partial charge in [-0.15, -0.1) is 0 Å². The lowest BCUT2D eigenvalue weighted by molar-refractivity contribution is -0.385. The first kappa shape index (κ1) is 16.6. The fraction of sp³-hybridized carbons (Fsp3) is 0.429. The second-order valence-electron chi connectivity index (χ2n) is 6.31. The van der Waals surface area contributed by atoms with E-state index in [4.69, 9.17) is 5.73 Å². The van der Waals surface area contributed by atoms with E-state index in [1.54, 1.807) is 6.92 Å². The molecule has 1 aromatic rings. The van der Waals surface area contributed by atoms with Crippen molar-refractivity contribution < 1.29 is 23.6 Å². The van der Waals surface area contributed by atoms with E-state index in [1.807, 2.05) is 0 Å². The number of amidine groups is 1. The van der Waals surface area contributed by atoms with Crippen molar-refractivity contribution in [3.8, 4) is 0 Å². The molecule has 3 N–H and O–H groups in total. The number of carbonyl (C=O) groups is 1. The SMILES string of the molecule is CC12C[C@]1(C(=O)O)SC(N)=N[C@]2(C)c1cc([N+](=O)[O-])cc(F)c1F. The molecule has 3 rings (SSSR count). The molecule has 0 radical (unpaired) electrons. The number of nitrogens with two attached hydrogens (primary N) is 1. The van der Waals surface area contributed by atoms with E-state index in [0.717, 1.165) is 17.8 Å². The summed E-state index contributed by atoms with van der Waals surface area (Å²) in [5.74, 6) is -3.82. The minimum absolute atomic E-state index is 0.0822. The zero-order chi connectivity index (χ0) is 18.1. The Morgan fingerprint density at radius 3 is 2.62 bits per heavy atom. The minimum Gasteiger partial charge on any atom is -0.480 e. The van der Waals surface area contributed by atoms with Crippen LogP contribution in [-0.2, 0) is 10.3 Å². The van der Waals surface area contributed by atoms with Gasteiger partial charge in [0.05, 0.1) is 16.5 Å². The number of carboxylic acids is 1. The highest BCUT2D eigenvalue weighted by Crippen LogP contribution is 2.75. The predicted octanol–water partition coefficient (Wildman–Crippen LogP) is 2.38. The van der Waals surface area contributed by atoms with E-state index in [0.29, 0.717) is 6.07 Å². The summed E-state index contributed by atoms with van der Waals surface area (Å²) in [6, 6.07) is 1.37. The molecule has 1 unspecified atom stereocenters. The molecule has 1 aliphatic carbocycles. The van der Waals surface area contributed by atoms with Gasteiger partial charge in [0, 0.05) is 17.0 Å². The van der Waals surface area contributed by atoms with Gasteiger partial charge in [0.15, 0.2) is 16.8 Å². The summed E-state index contributed by atoms with van der Waals surface area (Å²) in [6.45, 7) is 3.01. The number of carboxylic acid groups (broad SMARTS) is 1. The zero-order valence-corrected chi connectivity index (χ0v) is 13.5. The summed E-state index contributed by atoms with van der Waals surface area (Å²) >= 11 is 0.865. The van der Waals surface area contributed by atoms with Crippen molar-refractivity contribution in [3.05, 3.63) is 39.4 Å². The summed E-state index contributed by atoms with van der Waals surface area (Å²) in [5, 5.41) is 20.4. The maximum Gasteiger partial charge on any atom is 0.320 e. The molecule has 1 heterocycles. The van der Waals surface area contributed by atoms with E-state index >= 15 is 0 Å². The van der Waals surface area contributed by atoms with Crippen molar-refractivity contribution in [2.24, 2.45) is 16.1 Å². The minimum atomic E-state index is -1.54. The van der Waals surface area contributed by atoms with Gasteiger partial charge in [0.25, 0.3) is 5.69 Å². The number of halogens is 2. The average molecular weight is 357 g/mol. The van der Waals surface area contributed by atoms with Crippen molar-refractivity contribution in [2.75, 3.05) is 0 Å². The number of benzene rings is 1. The van der Waals surface area contributed by atoms with Gasteiger partial charge in [0.1, 0.15) is 4.75 Å². The van der Waals surface area contributed by atoms with Gasteiger partial charge < -0.3 is 10.8 Å². The van der Waals surface area contributed by atoms with E-state index in [2.05, 4.69) is 4.99 Å². The molecule has 0 aromatic heterocycles. The number of nitrogens with zero attached hydrogens (tertiary/aromatic N) is 2. The lowest BCUT2D eigenvalue weighted by atomic mass is 9.76. The van der Waals surface area contributed by atoms with E-state index in [9.17, 15) is 28.8 Å². The first-order chi connectivity index (χ1) is 11.0. The topological polar surface area (TPSA) is 119 Å². The summed E-state index contributed by atoms with van der Waals surface area (Å²) in [7, 11) is 0. The van der Waals surface area contributed by atoms with Crippen LogP contribution in [0.15, 0.2) is 17.1 Å². The number of non-ortho nitro benzene ring substituents is 1. The molecule has 24 heavy (non-hydrogen) atoms. The van der Waals surface area contributed by atoms with Crippen molar-refractivity contribution in [1.29, 1.82) is 0 Å². The number of hydrogen-bond donors (Lipinski definition) is 2. The molecular formula is C14H13F2N3O4S. The molecule has 2 aliphatic rings. The highest BCUT2D eigenvalue weighted by Gasteiger charge is 2.80. The number of aliphatic imine (C=N–C) groups is 1. The molecule has 0 bridgehead atoms.